The lowest BCUT2D eigenvalue weighted by atomic mass is 10.0. The Balaban J connectivity index is 2.14. The number of benzene rings is 1. The molecular weight excluding hydrogens is 260 g/mol. The van der Waals surface area contributed by atoms with Crippen LogP contribution in [0.2, 0.25) is 0 Å². The summed E-state index contributed by atoms with van der Waals surface area (Å²) in [5, 5.41) is 4.00. The molecule has 0 aliphatic rings. The van der Waals surface area contributed by atoms with Crippen LogP contribution < -0.4 is 10.1 Å². The van der Waals surface area contributed by atoms with Crippen molar-refractivity contribution in [2.75, 3.05) is 19.9 Å². The molecule has 0 radical (unpaired) electrons. The number of thioether (sulfide) groups is 1. The van der Waals surface area contributed by atoms with Crippen molar-refractivity contribution in [3.05, 3.63) is 41.8 Å². The summed E-state index contributed by atoms with van der Waals surface area (Å²) < 4.78 is 10.7. The number of rotatable bonds is 6. The monoisotopic (exact) mass is 278 g/mol. The minimum Gasteiger partial charge on any atom is -0.496 e. The van der Waals surface area contributed by atoms with E-state index in [1.54, 1.807) is 31.3 Å². The van der Waals surface area contributed by atoms with E-state index in [0.29, 0.717) is 5.22 Å². The summed E-state index contributed by atoms with van der Waals surface area (Å²) in [6.07, 6.45) is 3.24. The topological polar surface area (TPSA) is 47.3 Å². The molecule has 0 saturated carbocycles. The number of methoxy groups -OCH3 is 1. The number of aryl methyl sites for hydroxylation is 1. The number of nitrogens with zero attached hydrogens (tertiary/aromatic N) is 1. The van der Waals surface area contributed by atoms with Crippen LogP contribution in [0.15, 0.2) is 40.3 Å². The Morgan fingerprint density at radius 3 is 2.95 bits per heavy atom. The maximum atomic E-state index is 5.43. The Morgan fingerprint density at radius 1 is 1.47 bits per heavy atom. The van der Waals surface area contributed by atoms with Crippen LogP contribution in [0.25, 0.3) is 0 Å². The van der Waals surface area contributed by atoms with Crippen molar-refractivity contribution in [1.82, 2.24) is 10.3 Å². The number of oxazole rings is 1. The smallest absolute Gasteiger partial charge is 0.255 e. The maximum absolute atomic E-state index is 5.43. The molecule has 0 spiro atoms. The maximum Gasteiger partial charge on any atom is 0.255 e. The van der Waals surface area contributed by atoms with E-state index in [-0.39, 0.29) is 6.04 Å². The predicted molar refractivity (Wildman–Crippen MR) is 76.8 cm³/mol. The van der Waals surface area contributed by atoms with Crippen molar-refractivity contribution in [2.45, 2.75) is 18.2 Å². The highest BCUT2D eigenvalue weighted by molar-refractivity contribution is 7.99. The lowest BCUT2D eigenvalue weighted by Gasteiger charge is -2.19. The fourth-order valence-corrected chi connectivity index (χ4v) is 2.81. The normalized spacial score (nSPS) is 12.4. The van der Waals surface area contributed by atoms with Crippen molar-refractivity contribution in [3.63, 3.8) is 0 Å². The lowest BCUT2D eigenvalue weighted by molar-refractivity contribution is 0.404. The predicted octanol–water partition coefficient (Wildman–Crippen LogP) is 3.04. The van der Waals surface area contributed by atoms with Crippen LogP contribution in [0.3, 0.4) is 0 Å². The Morgan fingerprint density at radius 2 is 2.32 bits per heavy atom. The van der Waals surface area contributed by atoms with Gasteiger partial charge in [0.25, 0.3) is 5.22 Å². The molecule has 0 saturated heterocycles. The summed E-state index contributed by atoms with van der Waals surface area (Å²) in [6.45, 7) is 2.08. The highest BCUT2D eigenvalue weighted by Crippen LogP contribution is 2.30. The molecule has 1 N–H and O–H groups in total. The first-order valence-electron chi connectivity index (χ1n) is 6.08. The van der Waals surface area contributed by atoms with E-state index in [4.69, 9.17) is 9.15 Å². The van der Waals surface area contributed by atoms with Crippen molar-refractivity contribution in [1.29, 1.82) is 0 Å². The van der Waals surface area contributed by atoms with E-state index in [2.05, 4.69) is 29.4 Å². The number of nitrogens with one attached hydrogen (secondary N) is 1. The van der Waals surface area contributed by atoms with Gasteiger partial charge in [-0.15, -0.1) is 0 Å². The molecule has 0 bridgehead atoms. The third-order valence-corrected chi connectivity index (χ3v) is 3.84. The van der Waals surface area contributed by atoms with Crippen molar-refractivity contribution in [2.24, 2.45) is 0 Å². The lowest BCUT2D eigenvalue weighted by Crippen LogP contribution is -2.19. The molecule has 102 valence electrons. The van der Waals surface area contributed by atoms with Crippen LogP contribution in [-0.4, -0.2) is 24.9 Å². The largest absolute Gasteiger partial charge is 0.496 e. The molecular formula is C14H18N2O2S. The SMILES string of the molecule is CNC(CSc1ncco1)c1cc(C)ccc1OC. The van der Waals surface area contributed by atoms with Gasteiger partial charge in [-0.05, 0) is 20.0 Å². The summed E-state index contributed by atoms with van der Waals surface area (Å²) >= 11 is 1.58. The zero-order chi connectivity index (χ0) is 13.7. The quantitative estimate of drug-likeness (QED) is 0.823. The average Bonchev–Trinajstić information content (AvgIpc) is 2.93. The van der Waals surface area contributed by atoms with Gasteiger partial charge in [0.15, 0.2) is 0 Å². The first-order valence-corrected chi connectivity index (χ1v) is 7.07. The van der Waals surface area contributed by atoms with Gasteiger partial charge in [0, 0.05) is 17.4 Å². The first kappa shape index (κ1) is 14.0. The fraction of sp³-hybridized carbons (Fsp3) is 0.357. The van der Waals surface area contributed by atoms with Crippen LogP contribution in [-0.2, 0) is 0 Å². The summed E-state index contributed by atoms with van der Waals surface area (Å²) in [5.74, 6) is 1.73. The second-order valence-electron chi connectivity index (χ2n) is 4.20. The van der Waals surface area contributed by atoms with Gasteiger partial charge in [-0.1, -0.05) is 29.5 Å². The van der Waals surface area contributed by atoms with Gasteiger partial charge in [-0.2, -0.15) is 0 Å². The molecule has 4 nitrogen and oxygen atoms in total. The number of hydrogen-bond donors (Lipinski definition) is 1. The summed E-state index contributed by atoms with van der Waals surface area (Å²) in [5.41, 5.74) is 2.38. The van der Waals surface area contributed by atoms with Gasteiger partial charge >= 0.3 is 0 Å². The first-order chi connectivity index (χ1) is 9.24. The molecule has 0 amide bonds. The van der Waals surface area contributed by atoms with Gasteiger partial charge in [-0.25, -0.2) is 4.98 Å². The zero-order valence-corrected chi connectivity index (χ0v) is 12.2. The van der Waals surface area contributed by atoms with Gasteiger partial charge in [0.2, 0.25) is 0 Å². The molecule has 19 heavy (non-hydrogen) atoms. The van der Waals surface area contributed by atoms with Gasteiger partial charge < -0.3 is 14.5 Å². The second-order valence-corrected chi connectivity index (χ2v) is 5.17. The van der Waals surface area contributed by atoms with Crippen LogP contribution in [0, 0.1) is 6.92 Å². The van der Waals surface area contributed by atoms with Gasteiger partial charge in [0.05, 0.1) is 13.3 Å². The zero-order valence-electron chi connectivity index (χ0n) is 11.3. The van der Waals surface area contributed by atoms with E-state index in [1.807, 2.05) is 13.1 Å². The molecule has 2 rings (SSSR count). The minimum atomic E-state index is 0.187. The van der Waals surface area contributed by atoms with E-state index in [0.717, 1.165) is 17.1 Å². The van der Waals surface area contributed by atoms with Gasteiger partial charge in [-0.3, -0.25) is 0 Å². The summed E-state index contributed by atoms with van der Waals surface area (Å²) in [7, 11) is 3.64. The number of ether oxygens (including phenoxy) is 1. The van der Waals surface area contributed by atoms with E-state index in [9.17, 15) is 0 Å². The Kier molecular flexibility index (Phi) is 4.87. The number of hydrogen-bond acceptors (Lipinski definition) is 5. The molecule has 0 aliphatic heterocycles. The molecule has 0 fully saturated rings. The third kappa shape index (κ3) is 3.52. The van der Waals surface area contributed by atoms with Crippen molar-refractivity contribution >= 4 is 11.8 Å². The van der Waals surface area contributed by atoms with Crippen molar-refractivity contribution < 1.29 is 9.15 Å². The molecule has 1 atom stereocenters. The third-order valence-electron chi connectivity index (χ3n) is 2.89. The standard InChI is InChI=1S/C14H18N2O2S/c1-10-4-5-13(17-3)11(8-10)12(15-2)9-19-14-16-6-7-18-14/h4-8,12,15H,9H2,1-3H3. The fourth-order valence-electron chi connectivity index (χ4n) is 1.89. The molecule has 1 aromatic heterocycles. The highest BCUT2D eigenvalue weighted by atomic mass is 32.2. The van der Waals surface area contributed by atoms with Crippen LogP contribution >= 0.6 is 11.8 Å². The highest BCUT2D eigenvalue weighted by Gasteiger charge is 2.16. The average molecular weight is 278 g/mol. The molecule has 2 aromatic rings. The number of aromatic nitrogens is 1. The van der Waals surface area contributed by atoms with Crippen LogP contribution in [0.4, 0.5) is 0 Å². The van der Waals surface area contributed by atoms with Gasteiger partial charge in [0.1, 0.15) is 12.0 Å². The van der Waals surface area contributed by atoms with E-state index in [1.165, 1.54) is 5.56 Å². The Labute approximate surface area is 117 Å². The minimum absolute atomic E-state index is 0.187. The molecule has 1 unspecified atom stereocenters. The van der Waals surface area contributed by atoms with Crippen molar-refractivity contribution in [3.8, 4) is 5.75 Å². The summed E-state index contributed by atoms with van der Waals surface area (Å²) in [6, 6.07) is 6.39. The second kappa shape index (κ2) is 6.63. The Bertz CT molecular complexity index is 514. The molecule has 0 aliphatic carbocycles. The Hall–Kier alpha value is -1.46. The summed E-state index contributed by atoms with van der Waals surface area (Å²) in [4.78, 5) is 4.11. The van der Waals surface area contributed by atoms with E-state index >= 15 is 0 Å². The molecule has 1 aromatic carbocycles. The van der Waals surface area contributed by atoms with E-state index < -0.39 is 0 Å². The molecule has 5 heteroatoms. The molecule has 1 heterocycles. The van der Waals surface area contributed by atoms with Crippen LogP contribution in [0.5, 0.6) is 5.75 Å². The van der Waals surface area contributed by atoms with Crippen LogP contribution in [0.1, 0.15) is 17.2 Å².